The molecule has 0 spiro atoms. The van der Waals surface area contributed by atoms with Gasteiger partial charge in [-0.25, -0.2) is 0 Å². The molecule has 1 atom stereocenters. The normalized spacial score (nSPS) is 18.3. The minimum atomic E-state index is -0.715. The van der Waals surface area contributed by atoms with E-state index in [4.69, 9.17) is 0 Å². The molecule has 128 valence electrons. The zero-order chi connectivity index (χ0) is 16.1. The van der Waals surface area contributed by atoms with Gasteiger partial charge in [0.15, 0.2) is 0 Å². The Balaban J connectivity index is 0.00000113. The molecule has 0 N–H and O–H groups in total. The van der Waals surface area contributed by atoms with Gasteiger partial charge in [0, 0.05) is 0 Å². The SMILES string of the molecule is CC1=C(C)C(C)[C]([Zr+2][CH]2c3ccccc3-c3ccccc32)=C1C.[Cl-].[Cl-]. The van der Waals surface area contributed by atoms with Crippen molar-refractivity contribution >= 4 is 0 Å². The van der Waals surface area contributed by atoms with Gasteiger partial charge in [0.1, 0.15) is 0 Å². The number of allylic oxidation sites excluding steroid dienone is 4. The molecule has 2 aromatic rings. The Labute approximate surface area is 175 Å². The molecule has 1 unspecified atom stereocenters. The molecular weight excluding hydrogens is 426 g/mol. The quantitative estimate of drug-likeness (QED) is 0.612. The Bertz CT molecular complexity index is 818. The molecule has 2 aliphatic rings. The number of benzene rings is 2. The molecule has 0 nitrogen and oxygen atoms in total. The number of fused-ring (bicyclic) bond motifs is 3. The van der Waals surface area contributed by atoms with Gasteiger partial charge in [0.25, 0.3) is 0 Å². The first kappa shape index (κ1) is 20.7. The van der Waals surface area contributed by atoms with Crippen molar-refractivity contribution in [3.05, 3.63) is 79.7 Å². The van der Waals surface area contributed by atoms with E-state index in [2.05, 4.69) is 76.2 Å². The van der Waals surface area contributed by atoms with Crippen LogP contribution < -0.4 is 24.8 Å². The van der Waals surface area contributed by atoms with E-state index in [9.17, 15) is 0 Å². The van der Waals surface area contributed by atoms with Crippen LogP contribution in [0, 0.1) is 5.92 Å². The van der Waals surface area contributed by atoms with E-state index in [1.165, 1.54) is 11.1 Å². The second kappa shape index (κ2) is 7.95. The van der Waals surface area contributed by atoms with Crippen molar-refractivity contribution in [1.29, 1.82) is 0 Å². The molecule has 0 fully saturated rings. The predicted molar refractivity (Wildman–Crippen MR) is 94.0 cm³/mol. The Kier molecular flexibility index (Phi) is 6.58. The van der Waals surface area contributed by atoms with Crippen molar-refractivity contribution in [2.45, 2.75) is 31.3 Å². The molecule has 4 rings (SSSR count). The van der Waals surface area contributed by atoms with Crippen LogP contribution in [0.3, 0.4) is 0 Å². The van der Waals surface area contributed by atoms with Crippen molar-refractivity contribution < 1.29 is 48.0 Å². The van der Waals surface area contributed by atoms with E-state index in [1.807, 2.05) is 0 Å². The molecule has 0 heterocycles. The van der Waals surface area contributed by atoms with E-state index in [-0.39, 0.29) is 24.8 Å². The van der Waals surface area contributed by atoms with Crippen molar-refractivity contribution in [2.75, 3.05) is 0 Å². The van der Waals surface area contributed by atoms with Crippen LogP contribution in [-0.4, -0.2) is 0 Å². The van der Waals surface area contributed by atoms with Gasteiger partial charge in [-0.1, -0.05) is 0 Å². The van der Waals surface area contributed by atoms with Crippen LogP contribution in [0.2, 0.25) is 0 Å². The molecule has 2 aliphatic carbocycles. The van der Waals surface area contributed by atoms with E-state index in [0.717, 1.165) is 0 Å². The van der Waals surface area contributed by atoms with Crippen LogP contribution in [0.15, 0.2) is 68.5 Å². The first-order chi connectivity index (χ1) is 11.1. The van der Waals surface area contributed by atoms with Crippen molar-refractivity contribution in [3.63, 3.8) is 0 Å². The molecule has 2 aromatic carbocycles. The Morgan fingerprint density at radius 3 is 1.64 bits per heavy atom. The largest absolute Gasteiger partial charge is 1.00 e. The van der Waals surface area contributed by atoms with E-state index >= 15 is 0 Å². The Hall–Kier alpha value is -0.617. The summed E-state index contributed by atoms with van der Waals surface area (Å²) >= 11 is -0.715. The zero-order valence-electron chi connectivity index (χ0n) is 15.0. The molecule has 0 saturated carbocycles. The van der Waals surface area contributed by atoms with Crippen LogP contribution >= 0.6 is 0 Å². The van der Waals surface area contributed by atoms with Gasteiger partial charge >= 0.3 is 151 Å². The molecule has 25 heavy (non-hydrogen) atoms. The maximum absolute atomic E-state index is 2.41. The summed E-state index contributed by atoms with van der Waals surface area (Å²) < 4.78 is 2.48. The summed E-state index contributed by atoms with van der Waals surface area (Å²) in [6.45, 7) is 9.40. The van der Waals surface area contributed by atoms with Crippen LogP contribution in [-0.2, 0) is 23.2 Å². The summed E-state index contributed by atoms with van der Waals surface area (Å²) in [6, 6.07) is 18.1. The van der Waals surface area contributed by atoms with E-state index in [1.54, 1.807) is 31.1 Å². The minimum absolute atomic E-state index is 0. The number of rotatable bonds is 2. The Morgan fingerprint density at radius 2 is 1.20 bits per heavy atom. The van der Waals surface area contributed by atoms with Crippen molar-refractivity contribution in [2.24, 2.45) is 5.92 Å². The van der Waals surface area contributed by atoms with E-state index in [0.29, 0.717) is 9.54 Å². The van der Waals surface area contributed by atoms with Gasteiger partial charge in [-0.05, 0) is 0 Å². The van der Waals surface area contributed by atoms with Crippen LogP contribution in [0.5, 0.6) is 0 Å². The summed E-state index contributed by atoms with van der Waals surface area (Å²) in [5.74, 6) is 0.668. The summed E-state index contributed by atoms with van der Waals surface area (Å²) in [4.78, 5) is 0. The van der Waals surface area contributed by atoms with Gasteiger partial charge < -0.3 is 24.8 Å². The maximum Gasteiger partial charge on any atom is -1.00 e. The van der Waals surface area contributed by atoms with Crippen LogP contribution in [0.4, 0.5) is 0 Å². The third-order valence-electron chi connectivity index (χ3n) is 5.77. The standard InChI is InChI=1S/C13H9.C9H13.2ClH.Zr/c1-3-7-12-10(5-1)9-11-6-2-4-8-13(11)12;1-6-5-7(2)9(4)8(6)3;;;/h1-9H;6H,1-4H3;2*1H;/q;;;;+2/p-2. The summed E-state index contributed by atoms with van der Waals surface area (Å²) in [5.41, 5.74) is 10.8. The molecule has 0 radical (unpaired) electrons. The fraction of sp³-hybridized carbons (Fsp3) is 0.273. The average molecular weight is 449 g/mol. The fourth-order valence-corrected chi connectivity index (χ4v) is 8.97. The van der Waals surface area contributed by atoms with Crippen molar-refractivity contribution in [1.82, 2.24) is 0 Å². The monoisotopic (exact) mass is 446 g/mol. The summed E-state index contributed by atoms with van der Waals surface area (Å²) in [7, 11) is 0. The smallest absolute Gasteiger partial charge is 1.00 e. The maximum atomic E-state index is 2.41. The van der Waals surface area contributed by atoms with Gasteiger partial charge in [0.2, 0.25) is 0 Å². The minimum Gasteiger partial charge on any atom is -1.00 e. The van der Waals surface area contributed by atoms with E-state index < -0.39 is 23.2 Å². The second-order valence-electron chi connectivity index (χ2n) is 6.82. The summed E-state index contributed by atoms with van der Waals surface area (Å²) in [5, 5.41) is 0. The molecule has 0 bridgehead atoms. The molecule has 0 amide bonds. The number of hydrogen-bond donors (Lipinski definition) is 0. The van der Waals surface area contributed by atoms with Gasteiger partial charge in [-0.15, -0.1) is 0 Å². The predicted octanol–water partition coefficient (Wildman–Crippen LogP) is 0.107. The zero-order valence-corrected chi connectivity index (χ0v) is 19.0. The Morgan fingerprint density at radius 1 is 0.720 bits per heavy atom. The third kappa shape index (κ3) is 3.25. The first-order valence-electron chi connectivity index (χ1n) is 8.43. The fourth-order valence-electron chi connectivity index (χ4n) is 4.06. The number of hydrogen-bond acceptors (Lipinski definition) is 0. The molecule has 0 saturated heterocycles. The topological polar surface area (TPSA) is 0 Å². The summed E-state index contributed by atoms with van der Waals surface area (Å²) in [6.07, 6.45) is 0. The molecule has 3 heteroatoms. The van der Waals surface area contributed by atoms with Gasteiger partial charge in [0.05, 0.1) is 0 Å². The molecular formula is C22H22Cl2Zr. The van der Waals surface area contributed by atoms with Gasteiger partial charge in [-0.3, -0.25) is 0 Å². The van der Waals surface area contributed by atoms with Crippen LogP contribution in [0.25, 0.3) is 11.1 Å². The second-order valence-corrected chi connectivity index (χ2v) is 10.3. The van der Waals surface area contributed by atoms with Crippen molar-refractivity contribution in [3.8, 4) is 11.1 Å². The third-order valence-corrected chi connectivity index (χ3v) is 10.8. The average Bonchev–Trinajstić information content (AvgIpc) is 2.99. The molecule has 0 aromatic heterocycles. The van der Waals surface area contributed by atoms with Crippen LogP contribution in [0.1, 0.15) is 42.4 Å². The molecule has 0 aliphatic heterocycles. The van der Waals surface area contributed by atoms with Gasteiger partial charge in [-0.2, -0.15) is 0 Å². The first-order valence-corrected chi connectivity index (χ1v) is 11.1. The number of halogens is 2.